The van der Waals surface area contributed by atoms with Gasteiger partial charge in [-0.15, -0.1) is 0 Å². The Hall–Kier alpha value is -3.11. The first-order valence-corrected chi connectivity index (χ1v) is 10.4. The molecule has 30 heavy (non-hydrogen) atoms. The number of nitriles is 1. The van der Waals surface area contributed by atoms with Crippen LogP contribution in [0.15, 0.2) is 36.0 Å². The number of likely N-dealkylation sites (N-methyl/N-ethyl adjacent to an activating group) is 1. The zero-order valence-corrected chi connectivity index (χ0v) is 17.6. The first-order valence-electron chi connectivity index (χ1n) is 10.4. The molecule has 1 saturated heterocycles. The largest absolute Gasteiger partial charge is 0.376 e. The van der Waals surface area contributed by atoms with Crippen LogP contribution in [-0.2, 0) is 20.9 Å². The maximum atomic E-state index is 12.6. The molecule has 1 aromatic heterocycles. The van der Waals surface area contributed by atoms with Crippen molar-refractivity contribution in [2.75, 3.05) is 26.2 Å². The molecule has 0 saturated carbocycles. The maximum Gasteiger partial charge on any atom is 0.262 e. The lowest BCUT2D eigenvalue weighted by molar-refractivity contribution is -0.131. The van der Waals surface area contributed by atoms with Crippen molar-refractivity contribution in [1.82, 2.24) is 14.8 Å². The molecule has 7 heteroatoms. The van der Waals surface area contributed by atoms with Gasteiger partial charge in [0.2, 0.25) is 5.91 Å². The monoisotopic (exact) mass is 408 g/mol. The number of rotatable bonds is 8. The SMILES string of the molecule is CCN(CC)C(=O)Cn1cc(/C=C(/C#N)C(=O)NC[C@@H]2CCCO2)c2ccccc21. The highest BCUT2D eigenvalue weighted by Crippen LogP contribution is 2.24. The minimum Gasteiger partial charge on any atom is -0.376 e. The summed E-state index contributed by atoms with van der Waals surface area (Å²) in [6, 6.07) is 9.68. The summed E-state index contributed by atoms with van der Waals surface area (Å²) in [5, 5.41) is 13.2. The molecular weight excluding hydrogens is 380 g/mol. The third-order valence-electron chi connectivity index (χ3n) is 5.42. The number of ether oxygens (including phenoxy) is 1. The molecule has 0 radical (unpaired) electrons. The molecule has 3 rings (SSSR count). The summed E-state index contributed by atoms with van der Waals surface area (Å²) in [7, 11) is 0. The van der Waals surface area contributed by atoms with Crippen LogP contribution in [0.4, 0.5) is 0 Å². The zero-order chi connectivity index (χ0) is 21.5. The second kappa shape index (κ2) is 10.1. The lowest BCUT2D eigenvalue weighted by atomic mass is 10.1. The fraction of sp³-hybridized carbons (Fsp3) is 0.435. The molecule has 0 bridgehead atoms. The maximum absolute atomic E-state index is 12.6. The molecule has 2 amide bonds. The third kappa shape index (κ3) is 4.89. The summed E-state index contributed by atoms with van der Waals surface area (Å²) in [5.74, 6) is -0.379. The van der Waals surface area contributed by atoms with E-state index in [0.717, 1.165) is 29.3 Å². The molecule has 1 N–H and O–H groups in total. The highest BCUT2D eigenvalue weighted by molar-refractivity contribution is 6.04. The van der Waals surface area contributed by atoms with Crippen LogP contribution in [0, 0.1) is 11.3 Å². The number of nitrogens with zero attached hydrogens (tertiary/aromatic N) is 3. The standard InChI is InChI=1S/C23H28N4O3/c1-3-26(4-2)22(28)16-27-15-18(20-9-5-6-10-21(20)27)12-17(13-24)23(29)25-14-19-8-7-11-30-19/h5-6,9-10,12,15,19H,3-4,7-8,11,14,16H2,1-2H3,(H,25,29)/b17-12-/t19-/m0/s1. The van der Waals surface area contributed by atoms with Crippen molar-refractivity contribution in [2.45, 2.75) is 39.3 Å². The van der Waals surface area contributed by atoms with Crippen LogP contribution in [-0.4, -0.2) is 53.6 Å². The highest BCUT2D eigenvalue weighted by atomic mass is 16.5. The van der Waals surface area contributed by atoms with Gasteiger partial charge in [0.25, 0.3) is 5.91 Å². The van der Waals surface area contributed by atoms with Gasteiger partial charge in [-0.25, -0.2) is 0 Å². The van der Waals surface area contributed by atoms with Gasteiger partial charge in [-0.2, -0.15) is 5.26 Å². The second-order valence-electron chi connectivity index (χ2n) is 7.31. The molecular formula is C23H28N4O3. The summed E-state index contributed by atoms with van der Waals surface area (Å²) < 4.78 is 7.39. The van der Waals surface area contributed by atoms with E-state index in [-0.39, 0.29) is 24.1 Å². The van der Waals surface area contributed by atoms with Crippen molar-refractivity contribution in [1.29, 1.82) is 5.26 Å². The Kier molecular flexibility index (Phi) is 7.26. The fourth-order valence-electron chi connectivity index (χ4n) is 3.75. The van der Waals surface area contributed by atoms with E-state index in [2.05, 4.69) is 5.32 Å². The smallest absolute Gasteiger partial charge is 0.262 e. The molecule has 0 aliphatic carbocycles. The van der Waals surface area contributed by atoms with Crippen LogP contribution in [0.25, 0.3) is 17.0 Å². The van der Waals surface area contributed by atoms with E-state index in [1.165, 1.54) is 0 Å². The Bertz CT molecular complexity index is 976. The summed E-state index contributed by atoms with van der Waals surface area (Å²) in [5.41, 5.74) is 1.66. The van der Waals surface area contributed by atoms with Crippen LogP contribution in [0.1, 0.15) is 32.3 Å². The topological polar surface area (TPSA) is 87.4 Å². The molecule has 7 nitrogen and oxygen atoms in total. The molecule has 1 aliphatic heterocycles. The number of benzene rings is 1. The highest BCUT2D eigenvalue weighted by Gasteiger charge is 2.19. The number of fused-ring (bicyclic) bond motifs is 1. The van der Waals surface area contributed by atoms with Crippen molar-refractivity contribution >= 4 is 28.8 Å². The summed E-state index contributed by atoms with van der Waals surface area (Å²) in [6.45, 7) is 6.55. The Morgan fingerprint density at radius 1 is 1.33 bits per heavy atom. The van der Waals surface area contributed by atoms with E-state index in [4.69, 9.17) is 4.74 Å². The first-order chi connectivity index (χ1) is 14.6. The van der Waals surface area contributed by atoms with E-state index in [0.29, 0.717) is 26.2 Å². The number of amides is 2. The molecule has 1 atom stereocenters. The van der Waals surface area contributed by atoms with E-state index >= 15 is 0 Å². The summed E-state index contributed by atoms with van der Waals surface area (Å²) in [4.78, 5) is 26.9. The lowest BCUT2D eigenvalue weighted by Gasteiger charge is -2.19. The Morgan fingerprint density at radius 2 is 2.10 bits per heavy atom. The molecule has 1 fully saturated rings. The van der Waals surface area contributed by atoms with E-state index in [1.54, 1.807) is 11.0 Å². The Balaban J connectivity index is 1.84. The number of para-hydroxylation sites is 1. The van der Waals surface area contributed by atoms with Crippen molar-refractivity contribution < 1.29 is 14.3 Å². The normalized spacial score (nSPS) is 16.4. The minimum absolute atomic E-state index is 0.0156. The number of nitrogens with one attached hydrogen (secondary N) is 1. The summed E-state index contributed by atoms with van der Waals surface area (Å²) >= 11 is 0. The zero-order valence-electron chi connectivity index (χ0n) is 17.6. The predicted octanol–water partition coefficient (Wildman–Crippen LogP) is 2.71. The van der Waals surface area contributed by atoms with Gasteiger partial charge in [-0.1, -0.05) is 18.2 Å². The van der Waals surface area contributed by atoms with Crippen molar-refractivity contribution in [3.63, 3.8) is 0 Å². The minimum atomic E-state index is -0.413. The number of aromatic nitrogens is 1. The summed E-state index contributed by atoms with van der Waals surface area (Å²) in [6.07, 6.45) is 5.34. The van der Waals surface area contributed by atoms with Gasteiger partial charge < -0.3 is 19.5 Å². The second-order valence-corrected chi connectivity index (χ2v) is 7.31. The molecule has 2 aromatic rings. The van der Waals surface area contributed by atoms with Crippen LogP contribution in [0.3, 0.4) is 0 Å². The van der Waals surface area contributed by atoms with Gasteiger partial charge >= 0.3 is 0 Å². The van der Waals surface area contributed by atoms with Gasteiger partial charge in [0.05, 0.1) is 6.10 Å². The van der Waals surface area contributed by atoms with Crippen LogP contribution in [0.2, 0.25) is 0 Å². The van der Waals surface area contributed by atoms with E-state index < -0.39 is 5.91 Å². The number of hydrogen-bond donors (Lipinski definition) is 1. The van der Waals surface area contributed by atoms with Crippen LogP contribution < -0.4 is 5.32 Å². The van der Waals surface area contributed by atoms with Crippen LogP contribution in [0.5, 0.6) is 0 Å². The Morgan fingerprint density at radius 3 is 2.77 bits per heavy atom. The van der Waals surface area contributed by atoms with E-state index in [1.807, 2.05) is 54.9 Å². The molecule has 1 aliphatic rings. The van der Waals surface area contributed by atoms with Crippen LogP contribution >= 0.6 is 0 Å². The van der Waals surface area contributed by atoms with Gasteiger partial charge in [-0.3, -0.25) is 9.59 Å². The Labute approximate surface area is 176 Å². The van der Waals surface area contributed by atoms with Gasteiger partial charge in [0, 0.05) is 48.9 Å². The lowest BCUT2D eigenvalue weighted by Crippen LogP contribution is -2.33. The average Bonchev–Trinajstić information content (AvgIpc) is 3.40. The molecule has 0 spiro atoms. The third-order valence-corrected chi connectivity index (χ3v) is 5.42. The molecule has 2 heterocycles. The van der Waals surface area contributed by atoms with E-state index in [9.17, 15) is 14.9 Å². The quantitative estimate of drug-likeness (QED) is 0.537. The van der Waals surface area contributed by atoms with Crippen molar-refractivity contribution in [3.05, 3.63) is 41.6 Å². The number of carbonyl (C=O) groups is 2. The average molecular weight is 409 g/mol. The number of carbonyl (C=O) groups excluding carboxylic acids is 2. The first kappa shape index (κ1) is 21.6. The molecule has 158 valence electrons. The predicted molar refractivity (Wildman–Crippen MR) is 115 cm³/mol. The molecule has 0 unspecified atom stereocenters. The van der Waals surface area contributed by atoms with Crippen molar-refractivity contribution in [3.8, 4) is 6.07 Å². The number of hydrogen-bond acceptors (Lipinski definition) is 4. The van der Waals surface area contributed by atoms with Gasteiger partial charge in [-0.05, 0) is 38.8 Å². The van der Waals surface area contributed by atoms with Crippen molar-refractivity contribution in [2.24, 2.45) is 0 Å². The fourth-order valence-corrected chi connectivity index (χ4v) is 3.75. The van der Waals surface area contributed by atoms with Gasteiger partial charge in [0.1, 0.15) is 18.2 Å². The van der Waals surface area contributed by atoms with Gasteiger partial charge in [0.15, 0.2) is 0 Å². The molecule has 1 aromatic carbocycles.